The molecular formula is C27H32N2O5. The molecule has 1 saturated heterocycles. The summed E-state index contributed by atoms with van der Waals surface area (Å²) in [5.74, 6) is -0.843. The van der Waals surface area contributed by atoms with Gasteiger partial charge in [-0.1, -0.05) is 69.3 Å². The lowest BCUT2D eigenvalue weighted by Gasteiger charge is -2.43. The normalized spacial score (nSPS) is 16.3. The number of rotatable bonds is 7. The molecule has 2 N–H and O–H groups in total. The molecule has 1 aliphatic heterocycles. The molecule has 0 saturated carbocycles. The summed E-state index contributed by atoms with van der Waals surface area (Å²) in [6.45, 7) is 6.94. The van der Waals surface area contributed by atoms with Crippen molar-refractivity contribution in [3.05, 3.63) is 59.7 Å². The van der Waals surface area contributed by atoms with Gasteiger partial charge in [0.1, 0.15) is 12.6 Å². The van der Waals surface area contributed by atoms with Crippen molar-refractivity contribution >= 4 is 18.0 Å². The summed E-state index contributed by atoms with van der Waals surface area (Å²) in [6.07, 6.45) is 0.0463. The van der Waals surface area contributed by atoms with E-state index in [2.05, 4.69) is 29.6 Å². The fraction of sp³-hybridized carbons (Fsp3) is 0.444. The van der Waals surface area contributed by atoms with Crippen molar-refractivity contribution in [3.8, 4) is 11.1 Å². The first-order valence-corrected chi connectivity index (χ1v) is 11.8. The summed E-state index contributed by atoms with van der Waals surface area (Å²) < 4.78 is 5.65. The van der Waals surface area contributed by atoms with E-state index in [9.17, 15) is 14.4 Å². The smallest absolute Gasteiger partial charge is 0.407 e. The summed E-state index contributed by atoms with van der Waals surface area (Å²) >= 11 is 0. The van der Waals surface area contributed by atoms with E-state index in [0.717, 1.165) is 22.3 Å². The van der Waals surface area contributed by atoms with E-state index in [1.165, 1.54) is 0 Å². The van der Waals surface area contributed by atoms with Gasteiger partial charge in [-0.05, 0) is 40.0 Å². The van der Waals surface area contributed by atoms with Crippen LogP contribution in [-0.2, 0) is 14.3 Å². The minimum absolute atomic E-state index is 0.0488. The number of nitrogens with one attached hydrogen (secondary N) is 1. The maximum atomic E-state index is 13.1. The molecule has 4 rings (SSSR count). The summed E-state index contributed by atoms with van der Waals surface area (Å²) in [7, 11) is 0. The Morgan fingerprint density at radius 1 is 1.03 bits per heavy atom. The Kier molecular flexibility index (Phi) is 6.64. The highest BCUT2D eigenvalue weighted by molar-refractivity contribution is 5.87. The van der Waals surface area contributed by atoms with Gasteiger partial charge >= 0.3 is 12.1 Å². The van der Waals surface area contributed by atoms with Gasteiger partial charge in [-0.15, -0.1) is 0 Å². The zero-order valence-electron chi connectivity index (χ0n) is 19.9. The molecule has 34 heavy (non-hydrogen) atoms. The SMILES string of the molecule is CC(C)(C)[C@@H](NC(=O)OCC1c2ccccc2-c2ccccc21)C(=O)N1CC(CCC(=O)O)C1. The first kappa shape index (κ1) is 23.8. The number of fused-ring (bicyclic) bond motifs is 3. The van der Waals surface area contributed by atoms with Crippen LogP contribution >= 0.6 is 0 Å². The molecule has 2 aliphatic rings. The first-order chi connectivity index (χ1) is 16.1. The van der Waals surface area contributed by atoms with Crippen LogP contribution in [0, 0.1) is 11.3 Å². The predicted octanol–water partition coefficient (Wildman–Crippen LogP) is 4.26. The summed E-state index contributed by atoms with van der Waals surface area (Å²) in [5, 5.41) is 11.6. The van der Waals surface area contributed by atoms with Crippen molar-refractivity contribution in [1.29, 1.82) is 0 Å². The molecule has 0 unspecified atom stereocenters. The minimum atomic E-state index is -0.825. The number of carbonyl (C=O) groups excluding carboxylic acids is 2. The summed E-state index contributed by atoms with van der Waals surface area (Å²) in [6, 6.07) is 15.6. The Balaban J connectivity index is 1.37. The first-order valence-electron chi connectivity index (χ1n) is 11.8. The number of amides is 2. The highest BCUT2D eigenvalue weighted by Crippen LogP contribution is 2.44. The number of carboxylic acids is 1. The van der Waals surface area contributed by atoms with Gasteiger partial charge < -0.3 is 20.1 Å². The van der Waals surface area contributed by atoms with E-state index in [-0.39, 0.29) is 30.8 Å². The average Bonchev–Trinajstić information content (AvgIpc) is 3.07. The van der Waals surface area contributed by atoms with Crippen LogP contribution < -0.4 is 5.32 Å². The number of alkyl carbamates (subject to hydrolysis) is 1. The minimum Gasteiger partial charge on any atom is -0.481 e. The van der Waals surface area contributed by atoms with Crippen LogP contribution in [-0.4, -0.2) is 53.7 Å². The molecule has 1 atom stereocenters. The molecule has 2 amide bonds. The van der Waals surface area contributed by atoms with Gasteiger partial charge in [-0.25, -0.2) is 4.79 Å². The van der Waals surface area contributed by atoms with Crippen LogP contribution in [0.5, 0.6) is 0 Å². The number of carboxylic acid groups (broad SMARTS) is 1. The number of hydrogen-bond donors (Lipinski definition) is 2. The molecule has 7 heteroatoms. The van der Waals surface area contributed by atoms with E-state index in [4.69, 9.17) is 9.84 Å². The largest absolute Gasteiger partial charge is 0.481 e. The van der Waals surface area contributed by atoms with Crippen molar-refractivity contribution in [2.75, 3.05) is 19.7 Å². The van der Waals surface area contributed by atoms with Crippen molar-refractivity contribution < 1.29 is 24.2 Å². The zero-order valence-corrected chi connectivity index (χ0v) is 19.9. The molecule has 0 bridgehead atoms. The van der Waals surface area contributed by atoms with Crippen LogP contribution in [0.2, 0.25) is 0 Å². The standard InChI is InChI=1S/C27H32N2O5/c1-27(2,3)24(25(32)29-14-17(15-29)12-13-23(30)31)28-26(33)34-16-22-20-10-6-4-8-18(20)19-9-5-7-11-21(19)22/h4-11,17,22,24H,12-16H2,1-3H3,(H,28,33)(H,30,31)/t24-/m0/s1. The van der Waals surface area contributed by atoms with Gasteiger partial charge in [0.05, 0.1) is 0 Å². The highest BCUT2D eigenvalue weighted by Gasteiger charge is 2.40. The molecule has 180 valence electrons. The second-order valence-electron chi connectivity index (χ2n) is 10.3. The zero-order chi connectivity index (χ0) is 24.5. The Morgan fingerprint density at radius 2 is 1.59 bits per heavy atom. The lowest BCUT2D eigenvalue weighted by molar-refractivity contribution is -0.143. The van der Waals surface area contributed by atoms with Gasteiger partial charge in [0.25, 0.3) is 0 Å². The molecule has 2 aromatic rings. The Labute approximate surface area is 200 Å². The van der Waals surface area contributed by atoms with Crippen molar-refractivity contribution in [1.82, 2.24) is 10.2 Å². The van der Waals surface area contributed by atoms with Crippen LogP contribution in [0.15, 0.2) is 48.5 Å². The maximum absolute atomic E-state index is 13.1. The molecule has 0 spiro atoms. The summed E-state index contributed by atoms with van der Waals surface area (Å²) in [4.78, 5) is 38.4. The second kappa shape index (κ2) is 9.49. The number of benzene rings is 2. The number of likely N-dealkylation sites (tertiary alicyclic amines) is 1. The van der Waals surface area contributed by atoms with E-state index in [0.29, 0.717) is 19.5 Å². The molecule has 7 nitrogen and oxygen atoms in total. The third-order valence-electron chi connectivity index (χ3n) is 6.75. The number of nitrogens with zero attached hydrogens (tertiary/aromatic N) is 1. The molecule has 0 radical (unpaired) electrons. The quantitative estimate of drug-likeness (QED) is 0.638. The van der Waals surface area contributed by atoms with E-state index >= 15 is 0 Å². The van der Waals surface area contributed by atoms with Crippen LogP contribution in [0.1, 0.15) is 50.7 Å². The fourth-order valence-corrected chi connectivity index (χ4v) is 4.85. The molecule has 1 aliphatic carbocycles. The fourth-order valence-electron chi connectivity index (χ4n) is 4.85. The Morgan fingerprint density at radius 3 is 2.12 bits per heavy atom. The number of hydrogen-bond acceptors (Lipinski definition) is 4. The van der Waals surface area contributed by atoms with Gasteiger partial charge in [0.2, 0.25) is 5.91 Å². The van der Waals surface area contributed by atoms with Gasteiger partial charge in [-0.2, -0.15) is 0 Å². The van der Waals surface area contributed by atoms with Crippen molar-refractivity contribution in [2.45, 2.75) is 45.6 Å². The summed E-state index contributed by atoms with van der Waals surface area (Å²) in [5.41, 5.74) is 4.07. The van der Waals surface area contributed by atoms with Crippen LogP contribution in [0.25, 0.3) is 11.1 Å². The van der Waals surface area contributed by atoms with E-state index in [1.54, 1.807) is 4.90 Å². The third-order valence-corrected chi connectivity index (χ3v) is 6.75. The average molecular weight is 465 g/mol. The highest BCUT2D eigenvalue weighted by atomic mass is 16.5. The molecule has 2 aromatic carbocycles. The maximum Gasteiger partial charge on any atom is 0.407 e. The van der Waals surface area contributed by atoms with Crippen LogP contribution in [0.4, 0.5) is 4.79 Å². The molecular weight excluding hydrogens is 432 g/mol. The lowest BCUT2D eigenvalue weighted by atomic mass is 9.84. The molecule has 1 fully saturated rings. The van der Waals surface area contributed by atoms with E-state index in [1.807, 2.05) is 45.0 Å². The predicted molar refractivity (Wildman–Crippen MR) is 128 cm³/mol. The van der Waals surface area contributed by atoms with Gasteiger partial charge in [-0.3, -0.25) is 9.59 Å². The van der Waals surface area contributed by atoms with Crippen molar-refractivity contribution in [3.63, 3.8) is 0 Å². The van der Waals surface area contributed by atoms with Crippen LogP contribution in [0.3, 0.4) is 0 Å². The Hall–Kier alpha value is -3.35. The van der Waals surface area contributed by atoms with E-state index < -0.39 is 23.5 Å². The third kappa shape index (κ3) is 4.93. The monoisotopic (exact) mass is 464 g/mol. The second-order valence-corrected chi connectivity index (χ2v) is 10.3. The van der Waals surface area contributed by atoms with Gasteiger partial charge in [0, 0.05) is 25.4 Å². The van der Waals surface area contributed by atoms with Gasteiger partial charge in [0.15, 0.2) is 0 Å². The topological polar surface area (TPSA) is 95.9 Å². The number of carbonyl (C=O) groups is 3. The Bertz CT molecular complexity index is 1040. The molecule has 1 heterocycles. The lowest BCUT2D eigenvalue weighted by Crippen LogP contribution is -2.60. The van der Waals surface area contributed by atoms with Crippen molar-refractivity contribution in [2.24, 2.45) is 11.3 Å². The number of aliphatic carboxylic acids is 1. The molecule has 0 aromatic heterocycles. The number of ether oxygens (including phenoxy) is 1.